The van der Waals surface area contributed by atoms with Gasteiger partial charge in [0.2, 0.25) is 0 Å². The molecule has 21 heavy (non-hydrogen) atoms. The highest BCUT2D eigenvalue weighted by molar-refractivity contribution is 9.10. The summed E-state index contributed by atoms with van der Waals surface area (Å²) in [4.78, 5) is 11.9. The number of hydrogen-bond acceptors (Lipinski definition) is 2. The lowest BCUT2D eigenvalue weighted by Crippen LogP contribution is -2.14. The summed E-state index contributed by atoms with van der Waals surface area (Å²) in [5.74, 6) is -3.50. The molecule has 3 nitrogen and oxygen atoms in total. The van der Waals surface area contributed by atoms with Gasteiger partial charge in [-0.3, -0.25) is 4.79 Å². The first-order valence-corrected chi connectivity index (χ1v) is 6.51. The van der Waals surface area contributed by atoms with E-state index in [4.69, 9.17) is 4.74 Å². The van der Waals surface area contributed by atoms with Gasteiger partial charge in [0.05, 0.1) is 7.11 Å². The number of halogens is 4. The molecule has 0 aliphatic heterocycles. The first kappa shape index (κ1) is 15.4. The minimum atomic E-state index is -0.941. The van der Waals surface area contributed by atoms with Crippen LogP contribution < -0.4 is 10.1 Å². The largest absolute Gasteiger partial charge is 0.494 e. The number of carbonyl (C=O) groups excluding carboxylic acids is 1. The van der Waals surface area contributed by atoms with E-state index >= 15 is 0 Å². The van der Waals surface area contributed by atoms with E-state index in [2.05, 4.69) is 21.2 Å². The standard InChI is InChI=1S/C14H9BrF3NO2/c1-21-12-3-2-7(4-9(12)16)14(20)19-13-10(17)5-8(15)6-11(13)18/h2-6H,1H3,(H,19,20). The van der Waals surface area contributed by atoms with E-state index in [1.807, 2.05) is 0 Å². The summed E-state index contributed by atoms with van der Waals surface area (Å²) in [6, 6.07) is 5.47. The fourth-order valence-corrected chi connectivity index (χ4v) is 2.06. The molecular formula is C14H9BrF3NO2. The minimum absolute atomic E-state index is 0.0347. The molecule has 2 aromatic rings. The lowest BCUT2D eigenvalue weighted by Gasteiger charge is -2.09. The Kier molecular flexibility index (Phi) is 4.52. The summed E-state index contributed by atoms with van der Waals surface area (Å²) >= 11 is 2.93. The minimum Gasteiger partial charge on any atom is -0.494 e. The highest BCUT2D eigenvalue weighted by atomic mass is 79.9. The predicted octanol–water partition coefficient (Wildman–Crippen LogP) is 4.13. The number of hydrogen-bond donors (Lipinski definition) is 1. The number of nitrogens with one attached hydrogen (secondary N) is 1. The van der Waals surface area contributed by atoms with Gasteiger partial charge in [-0.15, -0.1) is 0 Å². The summed E-state index contributed by atoms with van der Waals surface area (Å²) < 4.78 is 45.6. The Balaban J connectivity index is 2.28. The van der Waals surface area contributed by atoms with Crippen LogP contribution in [0.25, 0.3) is 0 Å². The Morgan fingerprint density at radius 1 is 1.10 bits per heavy atom. The topological polar surface area (TPSA) is 38.3 Å². The molecule has 0 radical (unpaired) electrons. The van der Waals surface area contributed by atoms with Crippen molar-refractivity contribution in [2.24, 2.45) is 0 Å². The molecule has 0 aliphatic rings. The van der Waals surface area contributed by atoms with Gasteiger partial charge in [-0.05, 0) is 30.3 Å². The Morgan fingerprint density at radius 2 is 1.71 bits per heavy atom. The fraction of sp³-hybridized carbons (Fsp3) is 0.0714. The van der Waals surface area contributed by atoms with Crippen LogP contribution in [0.2, 0.25) is 0 Å². The van der Waals surface area contributed by atoms with Crippen LogP contribution >= 0.6 is 15.9 Å². The van der Waals surface area contributed by atoms with E-state index in [-0.39, 0.29) is 15.8 Å². The molecule has 1 amide bonds. The van der Waals surface area contributed by atoms with Gasteiger partial charge in [-0.2, -0.15) is 0 Å². The molecular weight excluding hydrogens is 351 g/mol. The normalized spacial score (nSPS) is 10.3. The highest BCUT2D eigenvalue weighted by Crippen LogP contribution is 2.25. The molecule has 0 saturated carbocycles. The summed E-state index contributed by atoms with van der Waals surface area (Å²) in [5, 5.41) is 2.07. The lowest BCUT2D eigenvalue weighted by molar-refractivity contribution is 0.102. The maximum Gasteiger partial charge on any atom is 0.255 e. The monoisotopic (exact) mass is 359 g/mol. The van der Waals surface area contributed by atoms with Gasteiger partial charge >= 0.3 is 0 Å². The van der Waals surface area contributed by atoms with E-state index in [9.17, 15) is 18.0 Å². The first-order chi connectivity index (χ1) is 9.92. The lowest BCUT2D eigenvalue weighted by atomic mass is 10.2. The molecule has 2 aromatic carbocycles. The average molecular weight is 360 g/mol. The van der Waals surface area contributed by atoms with Crippen molar-refractivity contribution in [2.75, 3.05) is 12.4 Å². The van der Waals surface area contributed by atoms with Gasteiger partial charge in [0, 0.05) is 10.0 Å². The molecule has 0 spiro atoms. The molecule has 0 heterocycles. The quantitative estimate of drug-likeness (QED) is 0.894. The van der Waals surface area contributed by atoms with Crippen molar-refractivity contribution >= 4 is 27.5 Å². The van der Waals surface area contributed by atoms with Crippen molar-refractivity contribution in [2.45, 2.75) is 0 Å². The number of benzene rings is 2. The second kappa shape index (κ2) is 6.17. The third-order valence-electron chi connectivity index (χ3n) is 2.66. The van der Waals surface area contributed by atoms with Crippen molar-refractivity contribution in [3.63, 3.8) is 0 Å². The Hall–Kier alpha value is -2.02. The third kappa shape index (κ3) is 3.36. The van der Waals surface area contributed by atoms with Gasteiger partial charge in [0.1, 0.15) is 5.69 Å². The molecule has 7 heteroatoms. The maximum atomic E-state index is 13.6. The van der Waals surface area contributed by atoms with Gasteiger partial charge in [0.25, 0.3) is 5.91 Å². The first-order valence-electron chi connectivity index (χ1n) is 5.72. The second-order valence-electron chi connectivity index (χ2n) is 4.05. The molecule has 0 unspecified atom stereocenters. The molecule has 2 rings (SSSR count). The number of rotatable bonds is 3. The summed E-state index contributed by atoms with van der Waals surface area (Å²) in [6.07, 6.45) is 0. The molecule has 0 aromatic heterocycles. The Labute approximate surface area is 126 Å². The Morgan fingerprint density at radius 3 is 2.24 bits per heavy atom. The average Bonchev–Trinajstić information content (AvgIpc) is 2.42. The van der Waals surface area contributed by atoms with Crippen LogP contribution in [0.1, 0.15) is 10.4 Å². The second-order valence-corrected chi connectivity index (χ2v) is 4.96. The highest BCUT2D eigenvalue weighted by Gasteiger charge is 2.16. The zero-order valence-electron chi connectivity index (χ0n) is 10.7. The van der Waals surface area contributed by atoms with Gasteiger partial charge < -0.3 is 10.1 Å². The number of methoxy groups -OCH3 is 1. The Bertz CT molecular complexity index is 684. The predicted molar refractivity (Wildman–Crippen MR) is 75.0 cm³/mol. The van der Waals surface area contributed by atoms with Crippen LogP contribution in [0.15, 0.2) is 34.8 Å². The summed E-state index contributed by atoms with van der Waals surface area (Å²) in [7, 11) is 1.28. The smallest absolute Gasteiger partial charge is 0.255 e. The van der Waals surface area contributed by atoms with Crippen LogP contribution in [0.5, 0.6) is 5.75 Å². The molecule has 0 atom stereocenters. The van der Waals surface area contributed by atoms with E-state index in [1.54, 1.807) is 0 Å². The number of ether oxygens (including phenoxy) is 1. The zero-order chi connectivity index (χ0) is 15.6. The number of carbonyl (C=O) groups is 1. The van der Waals surface area contributed by atoms with Crippen LogP contribution in [0.4, 0.5) is 18.9 Å². The molecule has 0 aliphatic carbocycles. The summed E-state index contributed by atoms with van der Waals surface area (Å²) in [5.41, 5.74) is -0.686. The summed E-state index contributed by atoms with van der Waals surface area (Å²) in [6.45, 7) is 0. The molecule has 0 bridgehead atoms. The van der Waals surface area contributed by atoms with Gasteiger partial charge in [0.15, 0.2) is 23.2 Å². The fourth-order valence-electron chi connectivity index (χ4n) is 1.65. The molecule has 0 fully saturated rings. The van der Waals surface area contributed by atoms with E-state index in [0.29, 0.717) is 0 Å². The third-order valence-corrected chi connectivity index (χ3v) is 3.12. The SMILES string of the molecule is COc1ccc(C(=O)Nc2c(F)cc(Br)cc2F)cc1F. The zero-order valence-corrected chi connectivity index (χ0v) is 12.3. The number of anilines is 1. The number of amides is 1. The maximum absolute atomic E-state index is 13.6. The van der Waals surface area contributed by atoms with Crippen LogP contribution in [0, 0.1) is 17.5 Å². The van der Waals surface area contributed by atoms with E-state index in [1.165, 1.54) is 19.2 Å². The van der Waals surface area contributed by atoms with Crippen molar-refractivity contribution in [1.29, 1.82) is 0 Å². The van der Waals surface area contributed by atoms with Crippen molar-refractivity contribution in [1.82, 2.24) is 0 Å². The molecule has 0 saturated heterocycles. The van der Waals surface area contributed by atoms with Crippen molar-refractivity contribution < 1.29 is 22.7 Å². The molecule has 1 N–H and O–H groups in total. The van der Waals surface area contributed by atoms with Crippen molar-refractivity contribution in [3.05, 3.63) is 57.8 Å². The van der Waals surface area contributed by atoms with Crippen LogP contribution in [0.3, 0.4) is 0 Å². The van der Waals surface area contributed by atoms with Gasteiger partial charge in [-0.25, -0.2) is 13.2 Å². The van der Waals surface area contributed by atoms with E-state index in [0.717, 1.165) is 18.2 Å². The van der Waals surface area contributed by atoms with Gasteiger partial charge in [-0.1, -0.05) is 15.9 Å². The molecule has 110 valence electrons. The van der Waals surface area contributed by atoms with Crippen molar-refractivity contribution in [3.8, 4) is 5.75 Å². The van der Waals surface area contributed by atoms with E-state index < -0.39 is 29.0 Å². The van der Waals surface area contributed by atoms with Crippen LogP contribution in [-0.2, 0) is 0 Å². The van der Waals surface area contributed by atoms with Crippen LogP contribution in [-0.4, -0.2) is 13.0 Å².